The SMILES string of the molecule is Cc1cc(S(O)(O)Cl)ns1. The zero-order valence-corrected chi connectivity index (χ0v) is 7.50. The van der Waals surface area contributed by atoms with Crippen molar-refractivity contribution in [1.29, 1.82) is 0 Å². The molecule has 1 aromatic rings. The number of hydrogen-bond donors (Lipinski definition) is 2. The molecule has 0 saturated carbocycles. The summed E-state index contributed by atoms with van der Waals surface area (Å²) in [5, 5.41) is 0.164. The summed E-state index contributed by atoms with van der Waals surface area (Å²) in [5.74, 6) is 0. The van der Waals surface area contributed by atoms with Crippen molar-refractivity contribution < 1.29 is 9.11 Å². The van der Waals surface area contributed by atoms with Gasteiger partial charge in [0, 0.05) is 15.6 Å². The van der Waals surface area contributed by atoms with E-state index in [0.717, 1.165) is 4.88 Å². The first-order valence-electron chi connectivity index (χ1n) is 2.41. The molecule has 3 nitrogen and oxygen atoms in total. The Labute approximate surface area is 68.7 Å². The van der Waals surface area contributed by atoms with Crippen molar-refractivity contribution in [3.63, 3.8) is 0 Å². The fourth-order valence-electron chi connectivity index (χ4n) is 0.466. The predicted molar refractivity (Wildman–Crippen MR) is 43.8 cm³/mol. The van der Waals surface area contributed by atoms with Crippen LogP contribution >= 0.6 is 32.0 Å². The standard InChI is InChI=1S/C4H6ClNO2S2/c1-3-2-4(6-9-3)10(5,7)8/h2,7-8H,1H3. The van der Waals surface area contributed by atoms with Gasteiger partial charge >= 0.3 is 0 Å². The maximum atomic E-state index is 8.85. The highest BCUT2D eigenvalue weighted by Gasteiger charge is 2.14. The molecule has 6 heteroatoms. The minimum absolute atomic E-state index is 0.164. The molecule has 58 valence electrons. The molecule has 1 heterocycles. The van der Waals surface area contributed by atoms with E-state index < -0.39 is 9.80 Å². The lowest BCUT2D eigenvalue weighted by molar-refractivity contribution is 0.504. The van der Waals surface area contributed by atoms with E-state index in [-0.39, 0.29) is 5.03 Å². The van der Waals surface area contributed by atoms with Crippen molar-refractivity contribution in [2.75, 3.05) is 0 Å². The topological polar surface area (TPSA) is 53.4 Å². The molecule has 0 atom stereocenters. The minimum atomic E-state index is -3.11. The third kappa shape index (κ3) is 1.83. The zero-order valence-electron chi connectivity index (χ0n) is 5.11. The first-order chi connectivity index (χ1) is 4.50. The van der Waals surface area contributed by atoms with Crippen molar-refractivity contribution in [1.82, 2.24) is 4.37 Å². The normalized spacial score (nSPS) is 13.6. The smallest absolute Gasteiger partial charge is 0.177 e. The molecule has 0 radical (unpaired) electrons. The second kappa shape index (κ2) is 2.67. The van der Waals surface area contributed by atoms with Crippen LogP contribution < -0.4 is 0 Å². The van der Waals surface area contributed by atoms with E-state index in [1.807, 2.05) is 6.92 Å². The third-order valence-electron chi connectivity index (χ3n) is 0.872. The molecule has 0 spiro atoms. The van der Waals surface area contributed by atoms with E-state index in [1.54, 1.807) is 6.07 Å². The minimum Gasteiger partial charge on any atom is -0.280 e. The first kappa shape index (κ1) is 8.29. The summed E-state index contributed by atoms with van der Waals surface area (Å²) in [5.41, 5.74) is 0. The molecule has 0 aliphatic rings. The van der Waals surface area contributed by atoms with Crippen molar-refractivity contribution in [3.8, 4) is 0 Å². The second-order valence-electron chi connectivity index (χ2n) is 1.76. The fraction of sp³-hybridized carbons (Fsp3) is 0.250. The molecule has 0 fully saturated rings. The summed E-state index contributed by atoms with van der Waals surface area (Å²) < 4.78 is 21.4. The quantitative estimate of drug-likeness (QED) is 0.731. The monoisotopic (exact) mass is 199 g/mol. The van der Waals surface area contributed by atoms with E-state index in [1.165, 1.54) is 11.5 Å². The molecule has 0 aromatic carbocycles. The van der Waals surface area contributed by atoms with Gasteiger partial charge in [-0.1, -0.05) is 9.80 Å². The summed E-state index contributed by atoms with van der Waals surface area (Å²) in [6.07, 6.45) is 0. The third-order valence-corrected chi connectivity index (χ3v) is 2.90. The average Bonchev–Trinajstić information content (AvgIpc) is 2.11. The van der Waals surface area contributed by atoms with Gasteiger partial charge in [0.05, 0.1) is 0 Å². The van der Waals surface area contributed by atoms with Crippen LogP contribution in [0, 0.1) is 6.92 Å². The Balaban J connectivity index is 2.96. The van der Waals surface area contributed by atoms with Crippen LogP contribution in [-0.4, -0.2) is 13.5 Å². The Morgan fingerprint density at radius 2 is 2.30 bits per heavy atom. The maximum absolute atomic E-state index is 8.85. The number of hydrogen-bond acceptors (Lipinski definition) is 4. The van der Waals surface area contributed by atoms with Gasteiger partial charge < -0.3 is 0 Å². The van der Waals surface area contributed by atoms with Crippen LogP contribution in [0.5, 0.6) is 0 Å². The van der Waals surface area contributed by atoms with Gasteiger partial charge in [0.15, 0.2) is 5.03 Å². The van der Waals surface area contributed by atoms with Crippen molar-refractivity contribution >= 4 is 32.0 Å². The number of nitrogens with zero attached hydrogens (tertiary/aromatic N) is 1. The van der Waals surface area contributed by atoms with Crippen LogP contribution in [0.4, 0.5) is 0 Å². The first-order valence-corrected chi connectivity index (χ1v) is 5.56. The number of rotatable bonds is 1. The average molecular weight is 200 g/mol. The molecular formula is C4H6ClNO2S2. The van der Waals surface area contributed by atoms with Crippen LogP contribution in [0.2, 0.25) is 0 Å². The highest BCUT2D eigenvalue weighted by molar-refractivity contribution is 8.43. The van der Waals surface area contributed by atoms with Crippen LogP contribution in [0.15, 0.2) is 11.1 Å². The summed E-state index contributed by atoms with van der Waals surface area (Å²) >= 11 is 1.20. The lowest BCUT2D eigenvalue weighted by atomic mass is 10.6. The Morgan fingerprint density at radius 1 is 1.70 bits per heavy atom. The molecule has 0 amide bonds. The summed E-state index contributed by atoms with van der Waals surface area (Å²) in [4.78, 5) is 0.913. The summed E-state index contributed by atoms with van der Waals surface area (Å²) in [6, 6.07) is 1.56. The van der Waals surface area contributed by atoms with Gasteiger partial charge in [-0.2, -0.15) is 4.37 Å². The second-order valence-corrected chi connectivity index (χ2v) is 5.43. The molecule has 2 N–H and O–H groups in total. The number of halogens is 1. The molecule has 0 saturated heterocycles. The zero-order chi connectivity index (χ0) is 7.78. The highest BCUT2D eigenvalue weighted by atomic mass is 35.7. The lowest BCUT2D eigenvalue weighted by Gasteiger charge is -2.18. The van der Waals surface area contributed by atoms with Crippen molar-refractivity contribution in [3.05, 3.63) is 10.9 Å². The Morgan fingerprint density at radius 3 is 2.50 bits per heavy atom. The van der Waals surface area contributed by atoms with Gasteiger partial charge in [-0.25, -0.2) is 0 Å². The van der Waals surface area contributed by atoms with Crippen molar-refractivity contribution in [2.45, 2.75) is 11.9 Å². The predicted octanol–water partition coefficient (Wildman–Crippen LogP) is 2.71. The van der Waals surface area contributed by atoms with Gasteiger partial charge in [0.2, 0.25) is 0 Å². The van der Waals surface area contributed by atoms with E-state index >= 15 is 0 Å². The van der Waals surface area contributed by atoms with E-state index in [4.69, 9.17) is 19.8 Å². The summed E-state index contributed by atoms with van der Waals surface area (Å²) in [6.45, 7) is 1.82. The Bertz CT molecular complexity index is 231. The summed E-state index contributed by atoms with van der Waals surface area (Å²) in [7, 11) is 2.10. The molecule has 1 rings (SSSR count). The van der Waals surface area contributed by atoms with Gasteiger partial charge in [0.25, 0.3) is 0 Å². The van der Waals surface area contributed by atoms with Crippen molar-refractivity contribution in [2.24, 2.45) is 0 Å². The van der Waals surface area contributed by atoms with Crippen LogP contribution in [0.1, 0.15) is 4.88 Å². The van der Waals surface area contributed by atoms with Crippen LogP contribution in [0.3, 0.4) is 0 Å². The number of aromatic nitrogens is 1. The van der Waals surface area contributed by atoms with Gasteiger partial charge in [0.1, 0.15) is 0 Å². The van der Waals surface area contributed by atoms with Gasteiger partial charge in [-0.3, -0.25) is 9.11 Å². The van der Waals surface area contributed by atoms with Crippen LogP contribution in [-0.2, 0) is 0 Å². The molecule has 1 aromatic heterocycles. The van der Waals surface area contributed by atoms with Gasteiger partial charge in [-0.15, -0.1) is 0 Å². The molecule has 10 heavy (non-hydrogen) atoms. The molecule has 0 unspecified atom stereocenters. The lowest BCUT2D eigenvalue weighted by Crippen LogP contribution is -1.86. The molecule has 0 aliphatic carbocycles. The molecular weight excluding hydrogens is 194 g/mol. The molecule has 0 bridgehead atoms. The Kier molecular flexibility index (Phi) is 2.21. The number of aryl methyl sites for hydroxylation is 1. The highest BCUT2D eigenvalue weighted by Crippen LogP contribution is 2.52. The van der Waals surface area contributed by atoms with E-state index in [0.29, 0.717) is 0 Å². The fourth-order valence-corrected chi connectivity index (χ4v) is 2.20. The van der Waals surface area contributed by atoms with E-state index in [9.17, 15) is 0 Å². The van der Waals surface area contributed by atoms with E-state index in [2.05, 4.69) is 4.37 Å². The largest absolute Gasteiger partial charge is 0.280 e. The molecule has 0 aliphatic heterocycles. The van der Waals surface area contributed by atoms with Crippen LogP contribution in [0.25, 0.3) is 0 Å². The van der Waals surface area contributed by atoms with Gasteiger partial charge in [-0.05, 0) is 24.5 Å². The maximum Gasteiger partial charge on any atom is 0.177 e. The Hall–Kier alpha value is 0.190.